The SMILES string of the molecule is CCOC(=O)NC(CNC(=NC)N(C)Cc1cn(C)nc1C(C)C)C1CC1.I. The lowest BCUT2D eigenvalue weighted by atomic mass is 10.1. The van der Waals surface area contributed by atoms with Gasteiger partial charge in [0, 0.05) is 46.0 Å². The van der Waals surface area contributed by atoms with Crippen molar-refractivity contribution in [1.29, 1.82) is 0 Å². The predicted octanol–water partition coefficient (Wildman–Crippen LogP) is 2.69. The molecule has 1 atom stereocenters. The third kappa shape index (κ3) is 7.14. The van der Waals surface area contributed by atoms with Crippen LogP contribution in [-0.2, 0) is 18.3 Å². The van der Waals surface area contributed by atoms with Crippen LogP contribution in [0.15, 0.2) is 11.2 Å². The molecule has 8 nitrogen and oxygen atoms in total. The summed E-state index contributed by atoms with van der Waals surface area (Å²) < 4.78 is 6.88. The molecule has 2 N–H and O–H groups in total. The van der Waals surface area contributed by atoms with E-state index in [1.54, 1.807) is 7.05 Å². The highest BCUT2D eigenvalue weighted by Gasteiger charge is 2.32. The topological polar surface area (TPSA) is 83.8 Å². The minimum atomic E-state index is -0.350. The van der Waals surface area contributed by atoms with Gasteiger partial charge in [0.1, 0.15) is 0 Å². The van der Waals surface area contributed by atoms with Crippen LogP contribution in [-0.4, -0.2) is 60.0 Å². The van der Waals surface area contributed by atoms with Gasteiger partial charge in [0.25, 0.3) is 0 Å². The lowest BCUT2D eigenvalue weighted by molar-refractivity contribution is 0.146. The number of hydrogen-bond acceptors (Lipinski definition) is 4. The number of aromatic nitrogens is 2. The largest absolute Gasteiger partial charge is 0.450 e. The Morgan fingerprint density at radius 3 is 2.68 bits per heavy atom. The van der Waals surface area contributed by atoms with Crippen LogP contribution >= 0.6 is 24.0 Å². The van der Waals surface area contributed by atoms with Crippen molar-refractivity contribution >= 4 is 36.0 Å². The van der Waals surface area contributed by atoms with E-state index in [-0.39, 0.29) is 36.1 Å². The standard InChI is InChI=1S/C19H34N6O2.HI/c1-7-27-19(26)22-16(14-8-9-14)10-21-18(20-4)24(5)11-15-12-25(6)23-17(15)13(2)3;/h12-14,16H,7-11H2,1-6H3,(H,20,21)(H,22,26);1H. The van der Waals surface area contributed by atoms with Crippen LogP contribution in [0.1, 0.15) is 50.8 Å². The first kappa shape index (κ1) is 24.5. The number of ether oxygens (including phenoxy) is 1. The van der Waals surface area contributed by atoms with Crippen LogP contribution in [0.4, 0.5) is 4.79 Å². The first-order chi connectivity index (χ1) is 12.8. The van der Waals surface area contributed by atoms with Gasteiger partial charge >= 0.3 is 6.09 Å². The number of nitrogens with zero attached hydrogens (tertiary/aromatic N) is 4. The molecule has 0 saturated heterocycles. The van der Waals surface area contributed by atoms with E-state index in [2.05, 4.69) is 45.7 Å². The Labute approximate surface area is 185 Å². The van der Waals surface area contributed by atoms with Gasteiger partial charge in [-0.1, -0.05) is 13.8 Å². The summed E-state index contributed by atoms with van der Waals surface area (Å²) in [5.74, 6) is 1.68. The third-order valence-corrected chi connectivity index (χ3v) is 4.71. The highest BCUT2D eigenvalue weighted by molar-refractivity contribution is 14.0. The summed E-state index contributed by atoms with van der Waals surface area (Å²) in [5, 5.41) is 10.9. The second kappa shape index (κ2) is 11.5. The van der Waals surface area contributed by atoms with Crippen LogP contribution in [0.5, 0.6) is 0 Å². The van der Waals surface area contributed by atoms with Crippen molar-refractivity contribution in [3.63, 3.8) is 0 Å². The second-order valence-corrected chi connectivity index (χ2v) is 7.46. The molecule has 1 saturated carbocycles. The minimum Gasteiger partial charge on any atom is -0.450 e. The number of carbonyl (C=O) groups is 1. The first-order valence-electron chi connectivity index (χ1n) is 9.73. The number of aryl methyl sites for hydroxylation is 1. The zero-order valence-corrected chi connectivity index (χ0v) is 20.2. The van der Waals surface area contributed by atoms with E-state index in [1.807, 2.05) is 25.7 Å². The zero-order chi connectivity index (χ0) is 20.0. The average Bonchev–Trinajstić information content (AvgIpc) is 3.37. The predicted molar refractivity (Wildman–Crippen MR) is 122 cm³/mol. The fraction of sp³-hybridized carbons (Fsp3) is 0.737. The Balaban J connectivity index is 0.00000392. The van der Waals surface area contributed by atoms with Gasteiger partial charge in [0.05, 0.1) is 18.3 Å². The van der Waals surface area contributed by atoms with Gasteiger partial charge in [-0.05, 0) is 31.6 Å². The Morgan fingerprint density at radius 2 is 2.14 bits per heavy atom. The molecule has 0 spiro atoms. The maximum Gasteiger partial charge on any atom is 0.407 e. The van der Waals surface area contributed by atoms with E-state index in [9.17, 15) is 4.79 Å². The monoisotopic (exact) mass is 506 g/mol. The highest BCUT2D eigenvalue weighted by Crippen LogP contribution is 2.32. The van der Waals surface area contributed by atoms with Gasteiger partial charge in [0.15, 0.2) is 5.96 Å². The Kier molecular flexibility index (Phi) is 10.0. The molecule has 1 amide bonds. The Morgan fingerprint density at radius 1 is 1.46 bits per heavy atom. The number of alkyl carbamates (subject to hydrolysis) is 1. The maximum atomic E-state index is 11.8. The normalized spacial score (nSPS) is 15.0. The number of hydrogen-bond donors (Lipinski definition) is 2. The summed E-state index contributed by atoms with van der Waals surface area (Å²) >= 11 is 0. The third-order valence-electron chi connectivity index (χ3n) is 4.71. The first-order valence-corrected chi connectivity index (χ1v) is 9.73. The van der Waals surface area contributed by atoms with Crippen molar-refractivity contribution in [3.8, 4) is 0 Å². The average molecular weight is 506 g/mol. The molecule has 1 aromatic heterocycles. The molecule has 1 aliphatic rings. The van der Waals surface area contributed by atoms with Gasteiger partial charge in [-0.2, -0.15) is 5.10 Å². The molecule has 0 radical (unpaired) electrons. The Bertz CT molecular complexity index is 657. The molecule has 1 heterocycles. The number of carbonyl (C=O) groups excluding carboxylic acids is 1. The van der Waals surface area contributed by atoms with E-state index in [4.69, 9.17) is 4.74 Å². The number of halogens is 1. The van der Waals surface area contributed by atoms with Crippen molar-refractivity contribution in [2.75, 3.05) is 27.2 Å². The number of rotatable bonds is 8. The lowest BCUT2D eigenvalue weighted by Crippen LogP contribution is -2.48. The van der Waals surface area contributed by atoms with E-state index < -0.39 is 0 Å². The molecule has 1 fully saturated rings. The number of aliphatic imine (C=N–C) groups is 1. The zero-order valence-electron chi connectivity index (χ0n) is 17.9. The van der Waals surface area contributed by atoms with Crippen LogP contribution in [0.3, 0.4) is 0 Å². The summed E-state index contributed by atoms with van der Waals surface area (Å²) in [4.78, 5) is 18.2. The molecule has 0 aliphatic heterocycles. The van der Waals surface area contributed by atoms with Crippen molar-refractivity contribution in [3.05, 3.63) is 17.5 Å². The summed E-state index contributed by atoms with van der Waals surface area (Å²) in [6, 6.07) is 0.0545. The molecule has 1 unspecified atom stereocenters. The van der Waals surface area contributed by atoms with Gasteiger partial charge in [-0.25, -0.2) is 4.79 Å². The van der Waals surface area contributed by atoms with Crippen LogP contribution in [0, 0.1) is 5.92 Å². The number of amides is 1. The molecular formula is C19H35IN6O2. The molecule has 9 heteroatoms. The smallest absolute Gasteiger partial charge is 0.407 e. The van der Waals surface area contributed by atoms with Crippen LogP contribution in [0.25, 0.3) is 0 Å². The maximum absolute atomic E-state index is 11.8. The van der Waals surface area contributed by atoms with Crippen molar-refractivity contribution < 1.29 is 9.53 Å². The lowest BCUT2D eigenvalue weighted by Gasteiger charge is -2.25. The fourth-order valence-electron chi connectivity index (χ4n) is 3.24. The second-order valence-electron chi connectivity index (χ2n) is 7.46. The highest BCUT2D eigenvalue weighted by atomic mass is 127. The van der Waals surface area contributed by atoms with E-state index in [0.29, 0.717) is 25.0 Å². The van der Waals surface area contributed by atoms with Crippen molar-refractivity contribution in [2.24, 2.45) is 18.0 Å². The van der Waals surface area contributed by atoms with Crippen molar-refractivity contribution in [1.82, 2.24) is 25.3 Å². The quantitative estimate of drug-likeness (QED) is 0.322. The summed E-state index contributed by atoms with van der Waals surface area (Å²) in [7, 11) is 5.73. The molecule has 160 valence electrons. The van der Waals surface area contributed by atoms with Gasteiger partial charge in [-0.3, -0.25) is 9.67 Å². The van der Waals surface area contributed by atoms with E-state index in [0.717, 1.165) is 31.0 Å². The van der Waals surface area contributed by atoms with Gasteiger partial charge in [-0.15, -0.1) is 24.0 Å². The molecule has 0 aromatic carbocycles. The van der Waals surface area contributed by atoms with E-state index >= 15 is 0 Å². The summed E-state index contributed by atoms with van der Waals surface area (Å²) in [6.45, 7) is 7.85. The van der Waals surface area contributed by atoms with Gasteiger partial charge in [0.2, 0.25) is 0 Å². The molecule has 1 aliphatic carbocycles. The fourth-order valence-corrected chi connectivity index (χ4v) is 3.24. The van der Waals surface area contributed by atoms with Crippen molar-refractivity contribution in [2.45, 2.75) is 52.1 Å². The van der Waals surface area contributed by atoms with Crippen LogP contribution in [0.2, 0.25) is 0 Å². The minimum absolute atomic E-state index is 0. The molecule has 28 heavy (non-hydrogen) atoms. The number of guanidine groups is 1. The summed E-state index contributed by atoms with van der Waals surface area (Å²) in [5.41, 5.74) is 2.31. The number of nitrogens with one attached hydrogen (secondary N) is 2. The van der Waals surface area contributed by atoms with E-state index in [1.165, 1.54) is 5.56 Å². The molecule has 2 rings (SSSR count). The summed E-state index contributed by atoms with van der Waals surface area (Å²) in [6.07, 6.45) is 3.99. The Hall–Kier alpha value is -1.52. The molecule has 1 aromatic rings. The molecule has 0 bridgehead atoms. The molecular weight excluding hydrogens is 471 g/mol. The van der Waals surface area contributed by atoms with Crippen LogP contribution < -0.4 is 10.6 Å². The van der Waals surface area contributed by atoms with Gasteiger partial charge < -0.3 is 20.3 Å².